The normalized spacial score (nSPS) is 12.1. The number of nitrogens with zero attached hydrogens (tertiary/aromatic N) is 4. The predicted octanol–water partition coefficient (Wildman–Crippen LogP) is -0.0730. The van der Waals surface area contributed by atoms with Crippen LogP contribution in [0.4, 0.5) is 5.69 Å². The van der Waals surface area contributed by atoms with Crippen molar-refractivity contribution in [1.29, 1.82) is 0 Å². The van der Waals surface area contributed by atoms with E-state index in [1.807, 2.05) is 0 Å². The van der Waals surface area contributed by atoms with Gasteiger partial charge in [0, 0.05) is 6.07 Å². The van der Waals surface area contributed by atoms with E-state index in [4.69, 9.17) is 0 Å². The van der Waals surface area contributed by atoms with Crippen LogP contribution in [0.15, 0.2) is 12.3 Å². The number of nitro groups is 1. The van der Waals surface area contributed by atoms with E-state index < -0.39 is 16.9 Å². The largest absolute Gasteiger partial charge is 0.351 e. The summed E-state index contributed by atoms with van der Waals surface area (Å²) in [5.41, 5.74) is -0.0793. The molecular weight excluding hydrogens is 242 g/mol. The number of carbonyl (C=O) groups excluding carboxylic acids is 1. The zero-order valence-corrected chi connectivity index (χ0v) is 9.25. The van der Waals surface area contributed by atoms with E-state index in [0.29, 0.717) is 5.82 Å². The molecule has 1 atom stereocenters. The van der Waals surface area contributed by atoms with Crippen molar-refractivity contribution in [2.45, 2.75) is 13.0 Å². The SMILES string of the molecule is CC(NC(=O)c1cc([N+](=O)[O-])c[nH]1)c1nn[nH]n1. The Morgan fingerprint density at radius 3 is 2.94 bits per heavy atom. The molecule has 18 heavy (non-hydrogen) atoms. The minimum Gasteiger partial charge on any atom is -0.351 e. The van der Waals surface area contributed by atoms with Gasteiger partial charge in [-0.3, -0.25) is 14.9 Å². The summed E-state index contributed by atoms with van der Waals surface area (Å²) in [7, 11) is 0. The van der Waals surface area contributed by atoms with Crippen molar-refractivity contribution in [2.24, 2.45) is 0 Å². The molecule has 0 aliphatic carbocycles. The molecule has 0 aromatic carbocycles. The smallest absolute Gasteiger partial charge is 0.287 e. The molecule has 0 bridgehead atoms. The highest BCUT2D eigenvalue weighted by Crippen LogP contribution is 2.13. The van der Waals surface area contributed by atoms with Crippen molar-refractivity contribution in [3.63, 3.8) is 0 Å². The Morgan fingerprint density at radius 2 is 2.39 bits per heavy atom. The lowest BCUT2D eigenvalue weighted by atomic mass is 10.3. The van der Waals surface area contributed by atoms with Crippen LogP contribution in [-0.4, -0.2) is 36.4 Å². The van der Waals surface area contributed by atoms with Crippen LogP contribution in [0.3, 0.4) is 0 Å². The fourth-order valence-corrected chi connectivity index (χ4v) is 1.31. The van der Waals surface area contributed by atoms with E-state index in [0.717, 1.165) is 12.3 Å². The maximum atomic E-state index is 11.7. The third-order valence-corrected chi connectivity index (χ3v) is 2.22. The summed E-state index contributed by atoms with van der Waals surface area (Å²) < 4.78 is 0. The fourth-order valence-electron chi connectivity index (χ4n) is 1.31. The van der Waals surface area contributed by atoms with Gasteiger partial charge in [-0.15, -0.1) is 10.2 Å². The van der Waals surface area contributed by atoms with Crippen LogP contribution in [0, 0.1) is 10.1 Å². The van der Waals surface area contributed by atoms with Gasteiger partial charge in [-0.1, -0.05) is 5.21 Å². The molecule has 0 radical (unpaired) electrons. The van der Waals surface area contributed by atoms with E-state index in [9.17, 15) is 14.9 Å². The van der Waals surface area contributed by atoms with Gasteiger partial charge < -0.3 is 10.3 Å². The Morgan fingerprint density at radius 1 is 1.61 bits per heavy atom. The van der Waals surface area contributed by atoms with E-state index in [-0.39, 0.29) is 11.4 Å². The van der Waals surface area contributed by atoms with Crippen molar-refractivity contribution in [1.82, 2.24) is 30.9 Å². The monoisotopic (exact) mass is 251 g/mol. The van der Waals surface area contributed by atoms with Crippen molar-refractivity contribution in [2.75, 3.05) is 0 Å². The lowest BCUT2D eigenvalue weighted by Gasteiger charge is -2.08. The lowest BCUT2D eigenvalue weighted by molar-refractivity contribution is -0.384. The number of aromatic amines is 2. The molecule has 0 saturated carbocycles. The second kappa shape index (κ2) is 4.61. The molecule has 0 aliphatic heterocycles. The summed E-state index contributed by atoms with van der Waals surface area (Å²) >= 11 is 0. The Kier molecular flexibility index (Phi) is 3.00. The maximum Gasteiger partial charge on any atom is 0.287 e. The van der Waals surface area contributed by atoms with E-state index >= 15 is 0 Å². The summed E-state index contributed by atoms with van der Waals surface area (Å²) in [5.74, 6) is -0.162. The van der Waals surface area contributed by atoms with Crippen molar-refractivity contribution in [3.05, 3.63) is 33.9 Å². The third-order valence-electron chi connectivity index (χ3n) is 2.22. The molecule has 0 spiro atoms. The summed E-state index contributed by atoms with van der Waals surface area (Å²) in [5, 5.41) is 26.1. The first-order chi connectivity index (χ1) is 8.58. The van der Waals surface area contributed by atoms with E-state index in [1.165, 1.54) is 0 Å². The Labute approximate surface area is 99.9 Å². The number of amides is 1. The number of rotatable bonds is 4. The van der Waals surface area contributed by atoms with Gasteiger partial charge in [0.05, 0.1) is 17.2 Å². The number of carbonyl (C=O) groups is 1. The van der Waals surface area contributed by atoms with Crippen LogP contribution >= 0.6 is 0 Å². The number of hydrogen-bond donors (Lipinski definition) is 3. The molecule has 1 amide bonds. The number of nitrogens with one attached hydrogen (secondary N) is 3. The first-order valence-corrected chi connectivity index (χ1v) is 4.95. The zero-order chi connectivity index (χ0) is 13.1. The molecule has 0 saturated heterocycles. The second-order valence-corrected chi connectivity index (χ2v) is 3.49. The maximum absolute atomic E-state index is 11.7. The summed E-state index contributed by atoms with van der Waals surface area (Å²) in [6.07, 6.45) is 1.15. The molecule has 2 aromatic rings. The Bertz CT molecular complexity index is 561. The molecule has 1 unspecified atom stereocenters. The van der Waals surface area contributed by atoms with Gasteiger partial charge in [-0.2, -0.15) is 5.21 Å². The van der Waals surface area contributed by atoms with E-state index in [2.05, 4.69) is 30.9 Å². The molecule has 0 fully saturated rings. The Balaban J connectivity index is 2.05. The number of hydrogen-bond acceptors (Lipinski definition) is 6. The van der Waals surface area contributed by atoms with Gasteiger partial charge in [0.1, 0.15) is 5.69 Å². The van der Waals surface area contributed by atoms with Gasteiger partial charge in [0.25, 0.3) is 11.6 Å². The van der Waals surface area contributed by atoms with Crippen molar-refractivity contribution in [3.8, 4) is 0 Å². The van der Waals surface area contributed by atoms with Crippen LogP contribution in [0.5, 0.6) is 0 Å². The van der Waals surface area contributed by atoms with Gasteiger partial charge in [-0.25, -0.2) is 0 Å². The van der Waals surface area contributed by atoms with Crippen LogP contribution in [0.2, 0.25) is 0 Å². The molecule has 94 valence electrons. The molecule has 3 N–H and O–H groups in total. The number of H-pyrrole nitrogens is 2. The lowest BCUT2D eigenvalue weighted by Crippen LogP contribution is -2.27. The standard InChI is InChI=1S/C8H9N7O3/c1-4(7-11-13-14-12-7)10-8(16)6-2-5(3-9-6)15(17)18/h2-4,9H,1H3,(H,10,16)(H,11,12,13,14). The van der Waals surface area contributed by atoms with Gasteiger partial charge in [0.2, 0.25) is 0 Å². The third kappa shape index (κ3) is 2.31. The number of tetrazole rings is 1. The first-order valence-electron chi connectivity index (χ1n) is 4.95. The summed E-state index contributed by atoms with van der Waals surface area (Å²) in [6.45, 7) is 1.67. The van der Waals surface area contributed by atoms with E-state index in [1.54, 1.807) is 6.92 Å². The van der Waals surface area contributed by atoms with Gasteiger partial charge in [-0.05, 0) is 6.92 Å². The molecule has 2 aromatic heterocycles. The number of aromatic nitrogens is 5. The predicted molar refractivity (Wildman–Crippen MR) is 57.5 cm³/mol. The van der Waals surface area contributed by atoms with Crippen LogP contribution < -0.4 is 5.32 Å². The fraction of sp³-hybridized carbons (Fsp3) is 0.250. The minimum atomic E-state index is -0.587. The summed E-state index contributed by atoms with van der Waals surface area (Å²) in [4.78, 5) is 24.1. The minimum absolute atomic E-state index is 0.0945. The average Bonchev–Trinajstić information content (AvgIpc) is 3.00. The molecule has 2 heterocycles. The molecular formula is C8H9N7O3. The van der Waals surface area contributed by atoms with Gasteiger partial charge >= 0.3 is 0 Å². The van der Waals surface area contributed by atoms with Crippen molar-refractivity contribution >= 4 is 11.6 Å². The molecule has 10 nitrogen and oxygen atoms in total. The topological polar surface area (TPSA) is 142 Å². The summed E-state index contributed by atoms with van der Waals surface area (Å²) in [6, 6.07) is 0.691. The quantitative estimate of drug-likeness (QED) is 0.512. The van der Waals surface area contributed by atoms with Crippen LogP contribution in [0.25, 0.3) is 0 Å². The van der Waals surface area contributed by atoms with Gasteiger partial charge in [0.15, 0.2) is 5.82 Å². The zero-order valence-electron chi connectivity index (χ0n) is 9.25. The molecule has 10 heteroatoms. The highest BCUT2D eigenvalue weighted by atomic mass is 16.6. The second-order valence-electron chi connectivity index (χ2n) is 3.49. The highest BCUT2D eigenvalue weighted by molar-refractivity contribution is 5.93. The molecule has 2 rings (SSSR count). The Hall–Kier alpha value is -2.78. The average molecular weight is 251 g/mol. The van der Waals surface area contributed by atoms with Crippen molar-refractivity contribution < 1.29 is 9.72 Å². The molecule has 0 aliphatic rings. The van der Waals surface area contributed by atoms with Crippen LogP contribution in [-0.2, 0) is 0 Å². The highest BCUT2D eigenvalue weighted by Gasteiger charge is 2.18. The van der Waals surface area contributed by atoms with Crippen LogP contribution in [0.1, 0.15) is 29.3 Å². The first kappa shape index (κ1) is 11.7.